The zero-order valence-corrected chi connectivity index (χ0v) is 16.4. The number of hydrogen-bond acceptors (Lipinski definition) is 5. The highest BCUT2D eigenvalue weighted by Gasteiger charge is 2.19. The van der Waals surface area contributed by atoms with Gasteiger partial charge < -0.3 is 4.57 Å². The second-order valence-corrected chi connectivity index (χ2v) is 9.18. The molecule has 1 N–H and O–H groups in total. The topological polar surface area (TPSA) is 76.9 Å². The van der Waals surface area contributed by atoms with E-state index < -0.39 is 10.0 Å². The monoisotopic (exact) mass is 408 g/mol. The molecule has 28 heavy (non-hydrogen) atoms. The minimum Gasteiger partial charge on any atom is -0.325 e. The van der Waals surface area contributed by atoms with Gasteiger partial charge in [-0.2, -0.15) is 0 Å². The van der Waals surface area contributed by atoms with Crippen LogP contribution >= 0.6 is 11.8 Å². The zero-order valence-electron chi connectivity index (χ0n) is 14.7. The average molecular weight is 409 g/mol. The molecule has 2 aromatic carbocycles. The predicted octanol–water partition coefficient (Wildman–Crippen LogP) is 4.00. The van der Waals surface area contributed by atoms with Crippen molar-refractivity contribution in [2.45, 2.75) is 16.6 Å². The van der Waals surface area contributed by atoms with Gasteiger partial charge in [-0.1, -0.05) is 42.1 Å². The molecular formula is C20H16N4O2S2. The Labute approximate surface area is 166 Å². The van der Waals surface area contributed by atoms with Crippen LogP contribution in [0.25, 0.3) is 22.2 Å². The van der Waals surface area contributed by atoms with Gasteiger partial charge in [-0.05, 0) is 24.3 Å². The third kappa shape index (κ3) is 3.04. The highest BCUT2D eigenvalue weighted by atomic mass is 32.2. The van der Waals surface area contributed by atoms with E-state index in [1.165, 1.54) is 0 Å². The van der Waals surface area contributed by atoms with Crippen LogP contribution in [0.15, 0.2) is 77.0 Å². The first-order valence-corrected chi connectivity index (χ1v) is 11.2. The molecule has 3 heterocycles. The van der Waals surface area contributed by atoms with Crippen molar-refractivity contribution in [3.63, 3.8) is 0 Å². The van der Waals surface area contributed by atoms with Crippen molar-refractivity contribution in [1.29, 1.82) is 0 Å². The molecule has 1 aliphatic heterocycles. The fourth-order valence-electron chi connectivity index (χ4n) is 3.29. The quantitative estimate of drug-likeness (QED) is 0.552. The lowest BCUT2D eigenvalue weighted by Gasteiger charge is -2.11. The summed E-state index contributed by atoms with van der Waals surface area (Å²) in [7, 11) is -3.78. The molecule has 0 fully saturated rings. The first-order chi connectivity index (χ1) is 13.6. The lowest BCUT2D eigenvalue weighted by Crippen LogP contribution is -2.13. The first-order valence-electron chi connectivity index (χ1n) is 8.77. The number of aromatic nitrogens is 3. The van der Waals surface area contributed by atoms with Crippen LogP contribution in [0.2, 0.25) is 0 Å². The number of sulfonamides is 1. The highest BCUT2D eigenvalue weighted by molar-refractivity contribution is 7.99. The summed E-state index contributed by atoms with van der Waals surface area (Å²) in [6.45, 7) is 0.952. The number of nitrogens with zero attached hydrogens (tertiary/aromatic N) is 3. The summed E-state index contributed by atoms with van der Waals surface area (Å²) in [5.74, 6) is 1.04. The van der Waals surface area contributed by atoms with E-state index in [1.807, 2.05) is 30.5 Å². The minimum atomic E-state index is -3.78. The van der Waals surface area contributed by atoms with Crippen molar-refractivity contribution in [2.75, 3.05) is 10.5 Å². The van der Waals surface area contributed by atoms with Gasteiger partial charge in [-0.15, -0.1) is 0 Å². The average Bonchev–Trinajstić information content (AvgIpc) is 3.29. The molecule has 0 saturated heterocycles. The Balaban J connectivity index is 1.50. The van der Waals surface area contributed by atoms with Crippen LogP contribution in [0.4, 0.5) is 5.69 Å². The third-order valence-corrected chi connectivity index (χ3v) is 6.98. The van der Waals surface area contributed by atoms with Gasteiger partial charge in [0.2, 0.25) is 0 Å². The van der Waals surface area contributed by atoms with Gasteiger partial charge in [-0.25, -0.2) is 13.4 Å². The van der Waals surface area contributed by atoms with Gasteiger partial charge >= 0.3 is 0 Å². The molecule has 5 rings (SSSR count). The molecule has 2 aromatic heterocycles. The molecule has 0 spiro atoms. The summed E-state index contributed by atoms with van der Waals surface area (Å²) in [5, 5.41) is 1.78. The van der Waals surface area contributed by atoms with Crippen molar-refractivity contribution >= 4 is 38.4 Å². The van der Waals surface area contributed by atoms with E-state index in [0.717, 1.165) is 34.1 Å². The van der Waals surface area contributed by atoms with E-state index in [9.17, 15) is 8.42 Å². The summed E-state index contributed by atoms with van der Waals surface area (Å²) in [4.78, 5) is 9.05. The van der Waals surface area contributed by atoms with E-state index >= 15 is 0 Å². The number of pyridine rings is 1. The van der Waals surface area contributed by atoms with Crippen molar-refractivity contribution < 1.29 is 8.42 Å². The molecule has 0 bridgehead atoms. The standard InChI is InChI=1S/C20H16N4O2S2/c25-28(26,18-8-2-4-14-6-3-9-21-19(14)18)23-16-7-1-5-15(12-16)17-13-24-10-11-27-20(24)22-17/h1-9,12-13,23H,10-11H2. The normalized spacial score (nSPS) is 13.6. The maximum absolute atomic E-state index is 13.0. The molecule has 0 radical (unpaired) electrons. The Morgan fingerprint density at radius 3 is 2.82 bits per heavy atom. The van der Waals surface area contributed by atoms with Gasteiger partial charge in [-0.3, -0.25) is 9.71 Å². The largest absolute Gasteiger partial charge is 0.325 e. The number of para-hydroxylation sites is 1. The van der Waals surface area contributed by atoms with Gasteiger partial charge in [0.15, 0.2) is 5.16 Å². The number of hydrogen-bond donors (Lipinski definition) is 1. The Morgan fingerprint density at radius 2 is 1.93 bits per heavy atom. The van der Waals surface area contributed by atoms with Crippen LogP contribution < -0.4 is 4.72 Å². The van der Waals surface area contributed by atoms with Crippen LogP contribution in [-0.4, -0.2) is 28.7 Å². The van der Waals surface area contributed by atoms with Crippen LogP contribution in [-0.2, 0) is 16.6 Å². The van der Waals surface area contributed by atoms with Gasteiger partial charge in [0.25, 0.3) is 10.0 Å². The van der Waals surface area contributed by atoms with E-state index in [2.05, 4.69) is 19.3 Å². The summed E-state index contributed by atoms with van der Waals surface area (Å²) in [5.41, 5.74) is 2.66. The number of nitrogens with one attached hydrogen (secondary N) is 1. The second-order valence-electron chi connectivity index (χ2n) is 6.47. The number of benzene rings is 2. The van der Waals surface area contributed by atoms with Crippen molar-refractivity contribution in [3.05, 3.63) is 67.0 Å². The van der Waals surface area contributed by atoms with Crippen molar-refractivity contribution in [1.82, 2.24) is 14.5 Å². The van der Waals surface area contributed by atoms with Crippen molar-refractivity contribution in [2.24, 2.45) is 0 Å². The molecule has 0 aliphatic carbocycles. The fraction of sp³-hybridized carbons (Fsp3) is 0.100. The molecular weight excluding hydrogens is 392 g/mol. The molecule has 6 nitrogen and oxygen atoms in total. The molecule has 140 valence electrons. The second kappa shape index (κ2) is 6.65. The van der Waals surface area contributed by atoms with Crippen molar-refractivity contribution in [3.8, 4) is 11.3 Å². The van der Waals surface area contributed by atoms with Gasteiger partial charge in [0.1, 0.15) is 4.90 Å². The van der Waals surface area contributed by atoms with E-state index in [-0.39, 0.29) is 4.90 Å². The van der Waals surface area contributed by atoms with E-state index in [1.54, 1.807) is 48.3 Å². The number of anilines is 1. The molecule has 4 aromatic rings. The number of imidazole rings is 1. The van der Waals surface area contributed by atoms with Gasteiger partial charge in [0, 0.05) is 41.3 Å². The lowest BCUT2D eigenvalue weighted by atomic mass is 10.1. The zero-order chi connectivity index (χ0) is 19.1. The molecule has 1 aliphatic rings. The Kier molecular flexibility index (Phi) is 4.10. The highest BCUT2D eigenvalue weighted by Crippen LogP contribution is 2.30. The molecule has 0 atom stereocenters. The number of aryl methyl sites for hydroxylation is 1. The Bertz CT molecular complexity index is 1270. The summed E-state index contributed by atoms with van der Waals surface area (Å²) < 4.78 is 30.8. The SMILES string of the molecule is O=S(=O)(Nc1cccc(-c2cn3c(n2)SCC3)c1)c1cccc2cccnc12. The van der Waals surface area contributed by atoms with Crippen LogP contribution in [0.1, 0.15) is 0 Å². The van der Waals surface area contributed by atoms with Gasteiger partial charge in [0.05, 0.1) is 11.2 Å². The number of rotatable bonds is 4. The fourth-order valence-corrected chi connectivity index (χ4v) is 5.47. The van der Waals surface area contributed by atoms with Crippen LogP contribution in [0, 0.1) is 0 Å². The number of fused-ring (bicyclic) bond motifs is 2. The Hall–Kier alpha value is -2.84. The van der Waals surface area contributed by atoms with Crippen LogP contribution in [0.5, 0.6) is 0 Å². The summed E-state index contributed by atoms with van der Waals surface area (Å²) in [6.07, 6.45) is 3.61. The maximum atomic E-state index is 13.0. The minimum absolute atomic E-state index is 0.161. The first kappa shape index (κ1) is 17.3. The summed E-state index contributed by atoms with van der Waals surface area (Å²) >= 11 is 1.73. The number of thioether (sulfide) groups is 1. The lowest BCUT2D eigenvalue weighted by molar-refractivity contribution is 0.602. The maximum Gasteiger partial charge on any atom is 0.264 e. The third-order valence-electron chi connectivity index (χ3n) is 4.60. The molecule has 8 heteroatoms. The van der Waals surface area contributed by atoms with Crippen LogP contribution in [0.3, 0.4) is 0 Å². The summed E-state index contributed by atoms with van der Waals surface area (Å²) in [6, 6.07) is 16.1. The van der Waals surface area contributed by atoms with E-state index in [4.69, 9.17) is 0 Å². The smallest absolute Gasteiger partial charge is 0.264 e. The molecule has 0 saturated carbocycles. The predicted molar refractivity (Wildman–Crippen MR) is 111 cm³/mol. The molecule has 0 unspecified atom stereocenters. The Morgan fingerprint density at radius 1 is 1.07 bits per heavy atom. The molecule has 0 amide bonds. The van der Waals surface area contributed by atoms with E-state index in [0.29, 0.717) is 11.2 Å².